The predicted molar refractivity (Wildman–Crippen MR) is 84.9 cm³/mol. The smallest absolute Gasteiger partial charge is 0.119 e. The van der Waals surface area contributed by atoms with Crippen LogP contribution >= 0.6 is 0 Å². The Kier molecular flexibility index (Phi) is 4.81. The molecule has 116 valence electrons. The average molecular weight is 289 g/mol. The summed E-state index contributed by atoms with van der Waals surface area (Å²) in [5.74, 6) is 0.948. The maximum Gasteiger partial charge on any atom is 0.119 e. The van der Waals surface area contributed by atoms with Gasteiger partial charge in [0.1, 0.15) is 5.75 Å². The largest absolute Gasteiger partial charge is 0.497 e. The second-order valence-electron chi connectivity index (χ2n) is 6.48. The summed E-state index contributed by atoms with van der Waals surface area (Å²) in [7, 11) is 1.72. The number of benzene rings is 1. The van der Waals surface area contributed by atoms with Gasteiger partial charge in [-0.1, -0.05) is 25.0 Å². The lowest BCUT2D eigenvalue weighted by Gasteiger charge is -2.38. The van der Waals surface area contributed by atoms with Crippen LogP contribution in [0.3, 0.4) is 0 Å². The van der Waals surface area contributed by atoms with Gasteiger partial charge in [0.05, 0.1) is 12.7 Å². The zero-order valence-electron chi connectivity index (χ0n) is 13.1. The summed E-state index contributed by atoms with van der Waals surface area (Å²) >= 11 is 0. The molecule has 1 aliphatic heterocycles. The molecule has 21 heavy (non-hydrogen) atoms. The quantitative estimate of drug-likeness (QED) is 0.902. The molecule has 1 atom stereocenters. The first-order valence-electron chi connectivity index (χ1n) is 8.30. The lowest BCUT2D eigenvalue weighted by Crippen LogP contribution is -2.46. The summed E-state index contributed by atoms with van der Waals surface area (Å²) in [5, 5.41) is 3.74. The van der Waals surface area contributed by atoms with Crippen molar-refractivity contribution in [2.45, 2.75) is 56.6 Å². The van der Waals surface area contributed by atoms with Crippen molar-refractivity contribution in [3.05, 3.63) is 29.8 Å². The molecule has 0 bridgehead atoms. The van der Waals surface area contributed by atoms with Crippen molar-refractivity contribution in [2.24, 2.45) is 0 Å². The monoisotopic (exact) mass is 289 g/mol. The molecule has 0 amide bonds. The molecule has 1 saturated heterocycles. The Balaban J connectivity index is 1.46. The van der Waals surface area contributed by atoms with Crippen LogP contribution in [0.4, 0.5) is 0 Å². The molecule has 3 rings (SSSR count). The molecule has 1 unspecified atom stereocenters. The Morgan fingerprint density at radius 3 is 3.00 bits per heavy atom. The fraction of sp³-hybridized carbons (Fsp3) is 0.667. The first kappa shape index (κ1) is 14.9. The summed E-state index contributed by atoms with van der Waals surface area (Å²) in [5.41, 5.74) is 1.55. The zero-order chi connectivity index (χ0) is 14.5. The topological polar surface area (TPSA) is 30.5 Å². The summed E-state index contributed by atoms with van der Waals surface area (Å²) in [6.07, 6.45) is 8.63. The minimum absolute atomic E-state index is 0.214. The van der Waals surface area contributed by atoms with E-state index in [0.29, 0.717) is 6.04 Å². The van der Waals surface area contributed by atoms with E-state index in [-0.39, 0.29) is 5.60 Å². The van der Waals surface area contributed by atoms with Crippen molar-refractivity contribution in [1.82, 2.24) is 5.32 Å². The number of hydrogen-bond donors (Lipinski definition) is 1. The van der Waals surface area contributed by atoms with Crippen molar-refractivity contribution in [2.75, 3.05) is 20.3 Å². The minimum Gasteiger partial charge on any atom is -0.497 e. The second kappa shape index (κ2) is 6.80. The highest BCUT2D eigenvalue weighted by atomic mass is 16.5. The molecule has 1 aliphatic carbocycles. The Labute approximate surface area is 128 Å². The van der Waals surface area contributed by atoms with E-state index < -0.39 is 0 Å². The molecule has 1 heterocycles. The highest BCUT2D eigenvalue weighted by Crippen LogP contribution is 2.39. The first-order valence-corrected chi connectivity index (χ1v) is 8.30. The van der Waals surface area contributed by atoms with Gasteiger partial charge in [-0.25, -0.2) is 0 Å². The van der Waals surface area contributed by atoms with E-state index in [1.807, 2.05) is 6.07 Å². The third kappa shape index (κ3) is 3.78. The Morgan fingerprint density at radius 2 is 2.19 bits per heavy atom. The number of nitrogens with one attached hydrogen (secondary N) is 1. The lowest BCUT2D eigenvalue weighted by atomic mass is 9.89. The molecule has 1 spiro atoms. The van der Waals surface area contributed by atoms with Crippen LogP contribution in [-0.4, -0.2) is 31.9 Å². The highest BCUT2D eigenvalue weighted by Gasteiger charge is 2.39. The van der Waals surface area contributed by atoms with Gasteiger partial charge in [0.25, 0.3) is 0 Å². The van der Waals surface area contributed by atoms with Crippen molar-refractivity contribution in [3.8, 4) is 5.75 Å². The van der Waals surface area contributed by atoms with E-state index in [9.17, 15) is 0 Å². The molecule has 0 radical (unpaired) electrons. The molecular formula is C18H27NO2. The molecule has 1 saturated carbocycles. The predicted octanol–water partition coefficient (Wildman–Crippen LogP) is 3.32. The number of rotatable bonds is 5. The number of hydrogen-bond acceptors (Lipinski definition) is 3. The summed E-state index contributed by atoms with van der Waals surface area (Å²) in [6, 6.07) is 8.99. The zero-order valence-corrected chi connectivity index (χ0v) is 13.1. The van der Waals surface area contributed by atoms with Crippen LogP contribution < -0.4 is 10.1 Å². The fourth-order valence-corrected chi connectivity index (χ4v) is 3.82. The van der Waals surface area contributed by atoms with Crippen LogP contribution in [0.2, 0.25) is 0 Å². The van der Waals surface area contributed by atoms with E-state index in [1.165, 1.54) is 37.7 Å². The number of ether oxygens (including phenoxy) is 2. The van der Waals surface area contributed by atoms with Crippen LogP contribution in [0, 0.1) is 0 Å². The van der Waals surface area contributed by atoms with Crippen molar-refractivity contribution < 1.29 is 9.47 Å². The van der Waals surface area contributed by atoms with Crippen molar-refractivity contribution >= 4 is 0 Å². The normalized spacial score (nSPS) is 24.3. The molecule has 2 aliphatic rings. The van der Waals surface area contributed by atoms with Gasteiger partial charge in [-0.3, -0.25) is 0 Å². The standard InChI is InChI=1S/C18H27NO2/c1-20-17-6-4-5-15(13-17)7-11-19-16-8-12-21-18(14-16)9-2-3-10-18/h4-6,13,16,19H,2-3,7-12,14H2,1H3. The van der Waals surface area contributed by atoms with Crippen LogP contribution in [0.5, 0.6) is 5.75 Å². The van der Waals surface area contributed by atoms with Crippen LogP contribution in [0.15, 0.2) is 24.3 Å². The van der Waals surface area contributed by atoms with Crippen LogP contribution in [0.1, 0.15) is 44.1 Å². The van der Waals surface area contributed by atoms with E-state index in [2.05, 4.69) is 23.5 Å². The molecule has 2 fully saturated rings. The molecule has 0 aromatic heterocycles. The lowest BCUT2D eigenvalue weighted by molar-refractivity contribution is -0.0834. The Morgan fingerprint density at radius 1 is 1.33 bits per heavy atom. The van der Waals surface area contributed by atoms with Gasteiger partial charge in [0.15, 0.2) is 0 Å². The summed E-state index contributed by atoms with van der Waals surface area (Å²) < 4.78 is 11.4. The third-order valence-corrected chi connectivity index (χ3v) is 4.99. The highest BCUT2D eigenvalue weighted by molar-refractivity contribution is 5.28. The number of methoxy groups -OCH3 is 1. The maximum atomic E-state index is 6.10. The second-order valence-corrected chi connectivity index (χ2v) is 6.48. The van der Waals surface area contributed by atoms with E-state index in [0.717, 1.165) is 31.7 Å². The molecule has 1 aromatic rings. The maximum absolute atomic E-state index is 6.10. The van der Waals surface area contributed by atoms with E-state index in [1.54, 1.807) is 7.11 Å². The Hall–Kier alpha value is -1.06. The van der Waals surface area contributed by atoms with E-state index >= 15 is 0 Å². The van der Waals surface area contributed by atoms with Gasteiger partial charge >= 0.3 is 0 Å². The van der Waals surface area contributed by atoms with Gasteiger partial charge in [-0.05, 0) is 56.3 Å². The van der Waals surface area contributed by atoms with Crippen molar-refractivity contribution in [1.29, 1.82) is 0 Å². The molecule has 3 nitrogen and oxygen atoms in total. The fourth-order valence-electron chi connectivity index (χ4n) is 3.82. The van der Waals surface area contributed by atoms with Gasteiger partial charge in [0.2, 0.25) is 0 Å². The third-order valence-electron chi connectivity index (χ3n) is 4.99. The molecule has 3 heteroatoms. The molecular weight excluding hydrogens is 262 g/mol. The summed E-state index contributed by atoms with van der Waals surface area (Å²) in [4.78, 5) is 0. The van der Waals surface area contributed by atoms with Crippen LogP contribution in [-0.2, 0) is 11.2 Å². The van der Waals surface area contributed by atoms with Gasteiger partial charge < -0.3 is 14.8 Å². The van der Waals surface area contributed by atoms with Gasteiger partial charge in [-0.2, -0.15) is 0 Å². The Bertz CT molecular complexity index is 454. The van der Waals surface area contributed by atoms with Gasteiger partial charge in [0, 0.05) is 12.6 Å². The molecule has 1 N–H and O–H groups in total. The van der Waals surface area contributed by atoms with Gasteiger partial charge in [-0.15, -0.1) is 0 Å². The van der Waals surface area contributed by atoms with Crippen LogP contribution in [0.25, 0.3) is 0 Å². The van der Waals surface area contributed by atoms with E-state index in [4.69, 9.17) is 9.47 Å². The SMILES string of the molecule is COc1cccc(CCNC2CCOC3(CCCC3)C2)c1. The molecule has 1 aromatic carbocycles. The average Bonchev–Trinajstić information content (AvgIpc) is 2.95. The minimum atomic E-state index is 0.214. The first-order chi connectivity index (χ1) is 10.3. The summed E-state index contributed by atoms with van der Waals surface area (Å²) in [6.45, 7) is 1.96. The van der Waals surface area contributed by atoms with Crippen molar-refractivity contribution in [3.63, 3.8) is 0 Å².